The van der Waals surface area contributed by atoms with Gasteiger partial charge in [-0.1, -0.05) is 78.9 Å². The maximum atomic E-state index is 6.06. The predicted molar refractivity (Wildman–Crippen MR) is 113 cm³/mol. The van der Waals surface area contributed by atoms with Gasteiger partial charge in [-0.3, -0.25) is 4.40 Å². The zero-order valence-corrected chi connectivity index (χ0v) is 15.0. The molecule has 2 heterocycles. The van der Waals surface area contributed by atoms with Gasteiger partial charge in [-0.2, -0.15) is 4.98 Å². The molecule has 0 aliphatic carbocycles. The van der Waals surface area contributed by atoms with E-state index in [0.29, 0.717) is 5.84 Å². The van der Waals surface area contributed by atoms with Crippen molar-refractivity contribution in [2.45, 2.75) is 0 Å². The number of hydrogen-bond donors (Lipinski definition) is 0. The minimum atomic E-state index is 0.614. The zero-order chi connectivity index (χ0) is 18.5. The van der Waals surface area contributed by atoms with Crippen molar-refractivity contribution < 1.29 is 4.42 Å². The first-order valence-corrected chi connectivity index (χ1v) is 9.33. The van der Waals surface area contributed by atoms with Gasteiger partial charge in [0, 0.05) is 11.1 Å². The maximum absolute atomic E-state index is 6.06. The summed E-state index contributed by atoms with van der Waals surface area (Å²) >= 11 is 0. The molecule has 0 atom stereocenters. The highest BCUT2D eigenvalue weighted by Crippen LogP contribution is 2.37. The molecule has 0 aliphatic rings. The molecule has 6 aromatic rings. The lowest BCUT2D eigenvalue weighted by molar-refractivity contribution is 0.642. The fourth-order valence-electron chi connectivity index (χ4n) is 3.92. The molecular weight excluding hydrogens is 344 g/mol. The van der Waals surface area contributed by atoms with Gasteiger partial charge >= 0.3 is 5.84 Å². The molecule has 6 rings (SSSR count). The van der Waals surface area contributed by atoms with E-state index in [1.165, 1.54) is 10.8 Å². The Balaban J connectivity index is 1.72. The normalized spacial score (nSPS) is 11.6. The van der Waals surface area contributed by atoms with Gasteiger partial charge in [0.15, 0.2) is 5.58 Å². The molecular formula is C25H16N2O. The van der Waals surface area contributed by atoms with Crippen molar-refractivity contribution in [2.75, 3.05) is 0 Å². The smallest absolute Gasteiger partial charge is 0.307 e. The molecule has 0 aliphatic heterocycles. The molecule has 3 nitrogen and oxygen atoms in total. The quantitative estimate of drug-likeness (QED) is 0.350. The summed E-state index contributed by atoms with van der Waals surface area (Å²) in [5.74, 6) is 0.614. The Hall–Kier alpha value is -3.85. The van der Waals surface area contributed by atoms with Crippen LogP contribution in [0.15, 0.2) is 101 Å². The third-order valence-electron chi connectivity index (χ3n) is 5.22. The number of oxazole rings is 1. The van der Waals surface area contributed by atoms with Crippen LogP contribution in [0.2, 0.25) is 0 Å². The van der Waals surface area contributed by atoms with Crippen LogP contribution in [0.1, 0.15) is 0 Å². The number of para-hydroxylation sites is 2. The van der Waals surface area contributed by atoms with Crippen molar-refractivity contribution in [1.29, 1.82) is 0 Å². The summed E-state index contributed by atoms with van der Waals surface area (Å²) < 4.78 is 8.18. The monoisotopic (exact) mass is 360 g/mol. The molecule has 0 saturated carbocycles. The van der Waals surface area contributed by atoms with Crippen LogP contribution in [0.4, 0.5) is 0 Å². The highest BCUT2D eigenvalue weighted by Gasteiger charge is 2.20. The van der Waals surface area contributed by atoms with Gasteiger partial charge < -0.3 is 4.42 Å². The average molecular weight is 360 g/mol. The first-order valence-electron chi connectivity index (χ1n) is 9.33. The number of hydrogen-bond acceptors (Lipinski definition) is 2. The Morgan fingerprint density at radius 2 is 1.39 bits per heavy atom. The first kappa shape index (κ1) is 15.2. The molecule has 0 N–H and O–H groups in total. The van der Waals surface area contributed by atoms with Gasteiger partial charge in [-0.15, -0.1) is 0 Å². The second-order valence-corrected chi connectivity index (χ2v) is 6.92. The molecule has 0 spiro atoms. The molecule has 132 valence electrons. The van der Waals surface area contributed by atoms with Crippen LogP contribution in [0.25, 0.3) is 50.2 Å². The van der Waals surface area contributed by atoms with Gasteiger partial charge in [0.05, 0.1) is 11.2 Å². The van der Waals surface area contributed by atoms with E-state index in [1.54, 1.807) is 0 Å². The third-order valence-corrected chi connectivity index (χ3v) is 5.22. The van der Waals surface area contributed by atoms with Crippen molar-refractivity contribution >= 4 is 27.7 Å². The molecule has 0 radical (unpaired) electrons. The van der Waals surface area contributed by atoms with Crippen molar-refractivity contribution in [1.82, 2.24) is 9.38 Å². The maximum Gasteiger partial charge on any atom is 0.307 e. The van der Waals surface area contributed by atoms with Crippen LogP contribution < -0.4 is 0 Å². The summed E-state index contributed by atoms with van der Waals surface area (Å²) in [5.41, 5.74) is 6.05. The lowest BCUT2D eigenvalue weighted by Gasteiger charge is -2.07. The van der Waals surface area contributed by atoms with Crippen LogP contribution in [0.3, 0.4) is 0 Å². The van der Waals surface area contributed by atoms with E-state index < -0.39 is 0 Å². The third kappa shape index (κ3) is 2.20. The largest absolute Gasteiger partial charge is 0.423 e. The van der Waals surface area contributed by atoms with Crippen LogP contribution in [0.5, 0.6) is 0 Å². The number of aromatic nitrogens is 2. The van der Waals surface area contributed by atoms with E-state index >= 15 is 0 Å². The van der Waals surface area contributed by atoms with Crippen LogP contribution in [-0.2, 0) is 0 Å². The lowest BCUT2D eigenvalue weighted by Crippen LogP contribution is -1.89. The van der Waals surface area contributed by atoms with E-state index in [4.69, 9.17) is 9.40 Å². The van der Waals surface area contributed by atoms with E-state index in [-0.39, 0.29) is 0 Å². The minimum absolute atomic E-state index is 0.614. The second-order valence-electron chi connectivity index (χ2n) is 6.92. The number of imidazole rings is 1. The van der Waals surface area contributed by atoms with Gasteiger partial charge in [0.25, 0.3) is 0 Å². The number of nitrogens with zero attached hydrogens (tertiary/aromatic N) is 2. The zero-order valence-electron chi connectivity index (χ0n) is 15.0. The number of benzene rings is 4. The van der Waals surface area contributed by atoms with Gasteiger partial charge in [0.1, 0.15) is 5.69 Å². The summed E-state index contributed by atoms with van der Waals surface area (Å²) in [7, 11) is 0. The Kier molecular flexibility index (Phi) is 3.17. The number of rotatable bonds is 2. The molecule has 0 amide bonds. The highest BCUT2D eigenvalue weighted by atomic mass is 16.4. The van der Waals surface area contributed by atoms with Crippen molar-refractivity contribution in [2.24, 2.45) is 0 Å². The summed E-state index contributed by atoms with van der Waals surface area (Å²) in [4.78, 5) is 4.90. The van der Waals surface area contributed by atoms with Crippen molar-refractivity contribution in [3.8, 4) is 22.5 Å². The molecule has 0 bridgehead atoms. The van der Waals surface area contributed by atoms with E-state index in [9.17, 15) is 0 Å². The van der Waals surface area contributed by atoms with Crippen molar-refractivity contribution in [3.05, 3.63) is 97.1 Å². The molecule has 4 aromatic carbocycles. The SMILES string of the molecule is c1ccc(-c2c(-c3ccc4ccccc4c3)nc3oc4ccccc4n23)cc1. The van der Waals surface area contributed by atoms with Gasteiger partial charge in [0.2, 0.25) is 0 Å². The molecule has 3 heteroatoms. The highest BCUT2D eigenvalue weighted by molar-refractivity contribution is 5.92. The average Bonchev–Trinajstić information content (AvgIpc) is 3.30. The Bertz CT molecular complexity index is 1460. The van der Waals surface area contributed by atoms with E-state index in [1.807, 2.05) is 24.3 Å². The summed E-state index contributed by atoms with van der Waals surface area (Å²) in [6.07, 6.45) is 0. The first-order chi connectivity index (χ1) is 13.9. The molecule has 2 aromatic heterocycles. The predicted octanol–water partition coefficient (Wildman–Crippen LogP) is 6.57. The summed E-state index contributed by atoms with van der Waals surface area (Å²) in [6.45, 7) is 0. The lowest BCUT2D eigenvalue weighted by atomic mass is 10.0. The Labute approximate surface area is 161 Å². The van der Waals surface area contributed by atoms with Crippen LogP contribution in [-0.4, -0.2) is 9.38 Å². The molecule has 0 saturated heterocycles. The summed E-state index contributed by atoms with van der Waals surface area (Å²) in [5, 5.41) is 2.43. The fourth-order valence-corrected chi connectivity index (χ4v) is 3.92. The minimum Gasteiger partial charge on any atom is -0.423 e. The van der Waals surface area contributed by atoms with Crippen LogP contribution in [0, 0.1) is 0 Å². The number of fused-ring (bicyclic) bond motifs is 4. The van der Waals surface area contributed by atoms with Gasteiger partial charge in [-0.05, 0) is 29.0 Å². The topological polar surface area (TPSA) is 30.4 Å². The van der Waals surface area contributed by atoms with E-state index in [0.717, 1.165) is 33.6 Å². The molecule has 0 fully saturated rings. The molecule has 0 unspecified atom stereocenters. The van der Waals surface area contributed by atoms with Crippen molar-refractivity contribution in [3.63, 3.8) is 0 Å². The Morgan fingerprint density at radius 1 is 0.643 bits per heavy atom. The standard InChI is InChI=1S/C25H16N2O/c1-2-9-18(10-3-1)24-23(20-15-14-17-8-4-5-11-19(17)16-20)26-25-27(24)21-12-6-7-13-22(21)28-25/h1-16H. The molecule has 28 heavy (non-hydrogen) atoms. The van der Waals surface area contributed by atoms with Crippen LogP contribution >= 0.6 is 0 Å². The van der Waals surface area contributed by atoms with E-state index in [2.05, 4.69) is 77.2 Å². The summed E-state index contributed by atoms with van der Waals surface area (Å²) in [6, 6.07) is 33.3. The van der Waals surface area contributed by atoms with Gasteiger partial charge in [-0.25, -0.2) is 0 Å². The second kappa shape index (κ2) is 5.83. The Morgan fingerprint density at radius 3 is 2.29 bits per heavy atom. The fraction of sp³-hybridized carbons (Fsp3) is 0.